The van der Waals surface area contributed by atoms with Crippen molar-refractivity contribution in [2.75, 3.05) is 12.8 Å². The third-order valence-electron chi connectivity index (χ3n) is 2.96. The van der Waals surface area contributed by atoms with Gasteiger partial charge in [-0.3, -0.25) is 4.68 Å². The lowest BCUT2D eigenvalue weighted by Crippen LogP contribution is -2.18. The van der Waals surface area contributed by atoms with Gasteiger partial charge in [0.2, 0.25) is 0 Å². The molecule has 102 valence electrons. The van der Waals surface area contributed by atoms with E-state index in [4.69, 9.17) is 0 Å². The zero-order valence-corrected chi connectivity index (χ0v) is 12.0. The van der Waals surface area contributed by atoms with Crippen LogP contribution in [0.5, 0.6) is 0 Å². The average Bonchev–Trinajstić information content (AvgIpc) is 2.90. The van der Waals surface area contributed by atoms with Crippen LogP contribution >= 0.6 is 11.8 Å². The van der Waals surface area contributed by atoms with E-state index in [1.54, 1.807) is 11.8 Å². The van der Waals surface area contributed by atoms with Gasteiger partial charge in [-0.25, -0.2) is 4.39 Å². The smallest absolute Gasteiger partial charge is 0.123 e. The highest BCUT2D eigenvalue weighted by atomic mass is 32.2. The van der Waals surface area contributed by atoms with Gasteiger partial charge in [0.25, 0.3) is 0 Å². The Morgan fingerprint density at radius 2 is 2.11 bits per heavy atom. The maximum atomic E-state index is 12.8. The Kier molecular flexibility index (Phi) is 4.99. The summed E-state index contributed by atoms with van der Waals surface area (Å²) in [5.41, 5.74) is 1.18. The van der Waals surface area contributed by atoms with E-state index in [0.29, 0.717) is 0 Å². The van der Waals surface area contributed by atoms with Gasteiger partial charge in [0.1, 0.15) is 5.82 Å². The van der Waals surface area contributed by atoms with Crippen molar-refractivity contribution in [1.29, 1.82) is 0 Å². The monoisotopic (exact) mass is 279 g/mol. The standard InChI is InChI=1S/C14H18FN3S/c1-3-18-9-11(8-17-18)14(16-2)10-19-13-6-4-12(15)5-7-13/h4-9,14,16H,3,10H2,1-2H3. The number of nitrogens with one attached hydrogen (secondary N) is 1. The molecule has 1 heterocycles. The number of thioether (sulfide) groups is 1. The molecule has 1 atom stereocenters. The molecule has 0 radical (unpaired) electrons. The van der Waals surface area contributed by atoms with Crippen molar-refractivity contribution >= 4 is 11.8 Å². The molecule has 1 N–H and O–H groups in total. The van der Waals surface area contributed by atoms with Crippen LogP contribution in [0, 0.1) is 5.82 Å². The predicted molar refractivity (Wildman–Crippen MR) is 76.8 cm³/mol. The number of aryl methyl sites for hydroxylation is 1. The fourth-order valence-corrected chi connectivity index (χ4v) is 2.84. The Morgan fingerprint density at radius 3 is 2.68 bits per heavy atom. The second-order valence-electron chi connectivity index (χ2n) is 4.24. The molecule has 5 heteroatoms. The van der Waals surface area contributed by atoms with Crippen LogP contribution in [0.15, 0.2) is 41.6 Å². The molecule has 0 aliphatic rings. The molecule has 0 amide bonds. The van der Waals surface area contributed by atoms with Crippen molar-refractivity contribution in [3.63, 3.8) is 0 Å². The average molecular weight is 279 g/mol. The number of hydrogen-bond donors (Lipinski definition) is 1. The quantitative estimate of drug-likeness (QED) is 0.824. The zero-order chi connectivity index (χ0) is 13.7. The number of benzene rings is 1. The van der Waals surface area contributed by atoms with Gasteiger partial charge < -0.3 is 5.32 Å². The van der Waals surface area contributed by atoms with Gasteiger partial charge in [0.15, 0.2) is 0 Å². The van der Waals surface area contributed by atoms with E-state index in [9.17, 15) is 4.39 Å². The molecule has 0 saturated heterocycles. The second-order valence-corrected chi connectivity index (χ2v) is 5.33. The summed E-state index contributed by atoms with van der Waals surface area (Å²) in [5.74, 6) is 0.691. The summed E-state index contributed by atoms with van der Waals surface area (Å²) in [4.78, 5) is 1.07. The summed E-state index contributed by atoms with van der Waals surface area (Å²) in [6.07, 6.45) is 3.96. The number of halogens is 1. The van der Waals surface area contributed by atoms with Crippen LogP contribution in [0.3, 0.4) is 0 Å². The first-order chi connectivity index (χ1) is 9.22. The molecule has 0 saturated carbocycles. The van der Waals surface area contributed by atoms with Crippen molar-refractivity contribution < 1.29 is 4.39 Å². The summed E-state index contributed by atoms with van der Waals surface area (Å²) in [6.45, 7) is 2.94. The predicted octanol–water partition coefficient (Wildman–Crippen LogP) is 3.09. The Labute approximate surface area is 117 Å². The second kappa shape index (κ2) is 6.73. The number of aromatic nitrogens is 2. The minimum Gasteiger partial charge on any atom is -0.312 e. The molecule has 0 aliphatic carbocycles. The molecule has 0 bridgehead atoms. The summed E-state index contributed by atoms with van der Waals surface area (Å²) >= 11 is 1.71. The van der Waals surface area contributed by atoms with Crippen LogP contribution < -0.4 is 5.32 Å². The highest BCUT2D eigenvalue weighted by molar-refractivity contribution is 7.99. The minimum atomic E-state index is -0.196. The molecule has 19 heavy (non-hydrogen) atoms. The third-order valence-corrected chi connectivity index (χ3v) is 4.06. The third kappa shape index (κ3) is 3.81. The Hall–Kier alpha value is -1.33. The van der Waals surface area contributed by atoms with E-state index in [-0.39, 0.29) is 11.9 Å². The molecule has 1 unspecified atom stereocenters. The maximum Gasteiger partial charge on any atom is 0.123 e. The Morgan fingerprint density at radius 1 is 1.37 bits per heavy atom. The summed E-state index contributed by atoms with van der Waals surface area (Å²) in [5, 5.41) is 7.58. The first kappa shape index (κ1) is 14.1. The van der Waals surface area contributed by atoms with Gasteiger partial charge in [-0.05, 0) is 38.2 Å². The van der Waals surface area contributed by atoms with E-state index in [1.807, 2.05) is 30.1 Å². The van der Waals surface area contributed by atoms with Gasteiger partial charge in [-0.15, -0.1) is 11.8 Å². The Balaban J connectivity index is 1.97. The highest BCUT2D eigenvalue weighted by Gasteiger charge is 2.11. The van der Waals surface area contributed by atoms with E-state index >= 15 is 0 Å². The van der Waals surface area contributed by atoms with Crippen molar-refractivity contribution in [2.45, 2.75) is 24.4 Å². The van der Waals surface area contributed by atoms with Crippen molar-refractivity contribution in [3.05, 3.63) is 48.0 Å². The first-order valence-corrected chi connectivity index (χ1v) is 7.29. The number of hydrogen-bond acceptors (Lipinski definition) is 3. The molecule has 0 aliphatic heterocycles. The molecule has 1 aromatic heterocycles. The van der Waals surface area contributed by atoms with E-state index in [1.165, 1.54) is 17.7 Å². The van der Waals surface area contributed by atoms with Crippen LogP contribution in [-0.2, 0) is 6.54 Å². The SMILES string of the molecule is CCn1cc(C(CSc2ccc(F)cc2)NC)cn1. The van der Waals surface area contributed by atoms with Crippen LogP contribution in [-0.4, -0.2) is 22.6 Å². The van der Waals surface area contributed by atoms with E-state index in [0.717, 1.165) is 17.2 Å². The van der Waals surface area contributed by atoms with E-state index in [2.05, 4.69) is 23.5 Å². The molecule has 2 rings (SSSR count). The molecule has 2 aromatic rings. The molecule has 0 fully saturated rings. The lowest BCUT2D eigenvalue weighted by molar-refractivity contribution is 0.626. The molecular formula is C14H18FN3S. The number of nitrogens with zero attached hydrogens (tertiary/aromatic N) is 2. The van der Waals surface area contributed by atoms with Crippen molar-refractivity contribution in [1.82, 2.24) is 15.1 Å². The summed E-state index contributed by atoms with van der Waals surface area (Å²) in [7, 11) is 1.94. The topological polar surface area (TPSA) is 29.9 Å². The van der Waals surface area contributed by atoms with Crippen LogP contribution in [0.2, 0.25) is 0 Å². The normalized spacial score (nSPS) is 12.6. The van der Waals surface area contributed by atoms with Gasteiger partial charge >= 0.3 is 0 Å². The fraction of sp³-hybridized carbons (Fsp3) is 0.357. The molecule has 3 nitrogen and oxygen atoms in total. The summed E-state index contributed by atoms with van der Waals surface area (Å²) in [6, 6.07) is 6.84. The molecule has 0 spiro atoms. The van der Waals surface area contributed by atoms with Crippen molar-refractivity contribution in [2.24, 2.45) is 0 Å². The van der Waals surface area contributed by atoms with Crippen LogP contribution in [0.25, 0.3) is 0 Å². The minimum absolute atomic E-state index is 0.196. The molecule has 1 aromatic carbocycles. The first-order valence-electron chi connectivity index (χ1n) is 6.31. The fourth-order valence-electron chi connectivity index (χ4n) is 1.79. The van der Waals surface area contributed by atoms with Crippen molar-refractivity contribution in [3.8, 4) is 0 Å². The highest BCUT2D eigenvalue weighted by Crippen LogP contribution is 2.24. The molecular weight excluding hydrogens is 261 g/mol. The van der Waals surface area contributed by atoms with Gasteiger partial charge in [-0.2, -0.15) is 5.10 Å². The van der Waals surface area contributed by atoms with E-state index < -0.39 is 0 Å². The maximum absolute atomic E-state index is 12.8. The van der Waals surface area contributed by atoms with Crippen LogP contribution in [0.1, 0.15) is 18.5 Å². The van der Waals surface area contributed by atoms with Gasteiger partial charge in [-0.1, -0.05) is 0 Å². The largest absolute Gasteiger partial charge is 0.312 e. The number of rotatable bonds is 6. The zero-order valence-electron chi connectivity index (χ0n) is 11.1. The lowest BCUT2D eigenvalue weighted by Gasteiger charge is -2.13. The lowest BCUT2D eigenvalue weighted by atomic mass is 10.2. The summed E-state index contributed by atoms with van der Waals surface area (Å²) < 4.78 is 14.7. The van der Waals surface area contributed by atoms with Crippen LogP contribution in [0.4, 0.5) is 4.39 Å². The van der Waals surface area contributed by atoms with Gasteiger partial charge in [0, 0.05) is 35.0 Å². The van der Waals surface area contributed by atoms with Gasteiger partial charge in [0.05, 0.1) is 6.20 Å². The Bertz CT molecular complexity index is 510.